The lowest BCUT2D eigenvalue weighted by molar-refractivity contribution is 0.103. The number of anilines is 1. The topological polar surface area (TPSA) is 46.9 Å². The summed E-state index contributed by atoms with van der Waals surface area (Å²) in [6.07, 6.45) is 0. The number of aromatic nitrogens is 2. The molecule has 0 atom stereocenters. The van der Waals surface area contributed by atoms with Crippen molar-refractivity contribution in [2.45, 2.75) is 13.5 Å². The average molecular weight is 400 g/mol. The van der Waals surface area contributed by atoms with Crippen molar-refractivity contribution in [3.8, 4) is 0 Å². The predicted molar refractivity (Wildman–Crippen MR) is 107 cm³/mol. The van der Waals surface area contributed by atoms with Crippen LogP contribution in [0.1, 0.15) is 20.9 Å². The SMILES string of the molecule is Cc1nn(Cc2ccc(F)cc2)c2sc(C(=O)Nc3ccccc3Cl)cc12. The number of hydrogen-bond donors (Lipinski definition) is 1. The summed E-state index contributed by atoms with van der Waals surface area (Å²) in [6, 6.07) is 15.3. The van der Waals surface area contributed by atoms with Crippen molar-refractivity contribution in [3.05, 3.63) is 81.6 Å². The van der Waals surface area contributed by atoms with E-state index in [9.17, 15) is 9.18 Å². The van der Waals surface area contributed by atoms with Crippen LogP contribution in [0.15, 0.2) is 54.6 Å². The summed E-state index contributed by atoms with van der Waals surface area (Å²) in [6.45, 7) is 2.42. The van der Waals surface area contributed by atoms with Crippen molar-refractivity contribution in [2.75, 3.05) is 5.32 Å². The molecule has 0 spiro atoms. The molecule has 0 saturated carbocycles. The number of carbonyl (C=O) groups is 1. The second-order valence-corrected chi connectivity index (χ2v) is 7.57. The van der Waals surface area contributed by atoms with Gasteiger partial charge in [-0.25, -0.2) is 4.39 Å². The van der Waals surface area contributed by atoms with E-state index in [0.29, 0.717) is 22.1 Å². The van der Waals surface area contributed by atoms with Crippen LogP contribution in [0.3, 0.4) is 0 Å². The maximum absolute atomic E-state index is 13.1. The molecule has 27 heavy (non-hydrogen) atoms. The van der Waals surface area contributed by atoms with Crippen LogP contribution in [-0.4, -0.2) is 15.7 Å². The van der Waals surface area contributed by atoms with Gasteiger partial charge >= 0.3 is 0 Å². The van der Waals surface area contributed by atoms with E-state index in [1.54, 1.807) is 24.3 Å². The summed E-state index contributed by atoms with van der Waals surface area (Å²) in [5.41, 5.74) is 2.36. The van der Waals surface area contributed by atoms with Crippen LogP contribution in [0.25, 0.3) is 10.2 Å². The molecule has 2 heterocycles. The van der Waals surface area contributed by atoms with Gasteiger partial charge in [0.2, 0.25) is 0 Å². The minimum Gasteiger partial charge on any atom is -0.320 e. The van der Waals surface area contributed by atoms with Crippen LogP contribution < -0.4 is 5.32 Å². The van der Waals surface area contributed by atoms with Gasteiger partial charge in [0.15, 0.2) is 0 Å². The largest absolute Gasteiger partial charge is 0.320 e. The number of carbonyl (C=O) groups excluding carboxylic acids is 1. The molecule has 4 nitrogen and oxygen atoms in total. The number of nitrogens with one attached hydrogen (secondary N) is 1. The smallest absolute Gasteiger partial charge is 0.265 e. The van der Waals surface area contributed by atoms with E-state index in [0.717, 1.165) is 21.5 Å². The molecule has 2 aromatic heterocycles. The van der Waals surface area contributed by atoms with Gasteiger partial charge in [0, 0.05) is 5.39 Å². The predicted octanol–water partition coefficient (Wildman–Crippen LogP) is 5.50. The van der Waals surface area contributed by atoms with Crippen LogP contribution in [-0.2, 0) is 6.54 Å². The van der Waals surface area contributed by atoms with E-state index in [1.165, 1.54) is 23.5 Å². The van der Waals surface area contributed by atoms with E-state index in [2.05, 4.69) is 10.4 Å². The third-order valence-electron chi connectivity index (χ3n) is 4.20. The van der Waals surface area contributed by atoms with Gasteiger partial charge in [0.1, 0.15) is 10.6 Å². The molecule has 0 bridgehead atoms. The standard InChI is InChI=1S/C20H15ClFN3OS/c1-12-15-10-18(19(26)23-17-5-3-2-4-16(17)21)27-20(15)25(24-12)11-13-6-8-14(22)9-7-13/h2-10H,11H2,1H3,(H,23,26). The second kappa shape index (κ2) is 7.13. The molecule has 0 aliphatic heterocycles. The molecule has 7 heteroatoms. The van der Waals surface area contributed by atoms with Gasteiger partial charge in [-0.05, 0) is 42.8 Å². The molecule has 4 rings (SSSR count). The Morgan fingerprint density at radius 2 is 1.96 bits per heavy atom. The Balaban J connectivity index is 1.63. The normalized spacial score (nSPS) is 11.1. The van der Waals surface area contributed by atoms with Crippen LogP contribution in [0.2, 0.25) is 5.02 Å². The Morgan fingerprint density at radius 3 is 2.70 bits per heavy atom. The minimum absolute atomic E-state index is 0.211. The number of halogens is 2. The number of benzene rings is 2. The summed E-state index contributed by atoms with van der Waals surface area (Å²) in [5.74, 6) is -0.479. The van der Waals surface area contributed by atoms with E-state index in [1.807, 2.05) is 29.8 Å². The number of thiophene rings is 1. The number of rotatable bonds is 4. The van der Waals surface area contributed by atoms with Crippen molar-refractivity contribution < 1.29 is 9.18 Å². The summed E-state index contributed by atoms with van der Waals surface area (Å²) in [4.78, 5) is 14.1. The van der Waals surface area contributed by atoms with Crippen molar-refractivity contribution in [1.29, 1.82) is 0 Å². The first kappa shape index (κ1) is 17.7. The fourth-order valence-electron chi connectivity index (χ4n) is 2.84. The van der Waals surface area contributed by atoms with E-state index in [-0.39, 0.29) is 11.7 Å². The summed E-state index contributed by atoms with van der Waals surface area (Å²) >= 11 is 7.48. The first-order chi connectivity index (χ1) is 13.0. The first-order valence-electron chi connectivity index (χ1n) is 8.28. The van der Waals surface area contributed by atoms with Crippen LogP contribution >= 0.6 is 22.9 Å². The van der Waals surface area contributed by atoms with Crippen molar-refractivity contribution >= 4 is 44.7 Å². The number of fused-ring (bicyclic) bond motifs is 1. The lowest BCUT2D eigenvalue weighted by atomic mass is 10.2. The molecule has 0 fully saturated rings. The Morgan fingerprint density at radius 1 is 1.22 bits per heavy atom. The molecule has 0 unspecified atom stereocenters. The molecule has 4 aromatic rings. The summed E-state index contributed by atoms with van der Waals surface area (Å²) in [7, 11) is 0. The Kier molecular flexibility index (Phi) is 4.68. The number of amides is 1. The average Bonchev–Trinajstić information content (AvgIpc) is 3.21. The van der Waals surface area contributed by atoms with Crippen molar-refractivity contribution in [3.63, 3.8) is 0 Å². The zero-order valence-corrected chi connectivity index (χ0v) is 15.9. The second-order valence-electron chi connectivity index (χ2n) is 6.13. The van der Waals surface area contributed by atoms with Crippen LogP contribution in [0, 0.1) is 12.7 Å². The Bertz CT molecular complexity index is 1130. The molecular weight excluding hydrogens is 385 g/mol. The zero-order chi connectivity index (χ0) is 19.0. The lowest BCUT2D eigenvalue weighted by Crippen LogP contribution is -2.10. The highest BCUT2D eigenvalue weighted by atomic mass is 35.5. The van der Waals surface area contributed by atoms with Gasteiger partial charge in [-0.3, -0.25) is 9.48 Å². The summed E-state index contributed by atoms with van der Waals surface area (Å²) in [5, 5.41) is 8.81. The van der Waals surface area contributed by atoms with Gasteiger partial charge in [-0.2, -0.15) is 5.10 Å². The summed E-state index contributed by atoms with van der Waals surface area (Å²) < 4.78 is 14.9. The van der Waals surface area contributed by atoms with Gasteiger partial charge in [0.05, 0.1) is 27.8 Å². The monoisotopic (exact) mass is 399 g/mol. The highest BCUT2D eigenvalue weighted by Gasteiger charge is 2.17. The molecule has 1 N–H and O–H groups in total. The molecule has 0 aliphatic rings. The van der Waals surface area contributed by atoms with E-state index in [4.69, 9.17) is 11.6 Å². The molecule has 0 saturated heterocycles. The Hall–Kier alpha value is -2.70. The third kappa shape index (κ3) is 3.59. The first-order valence-corrected chi connectivity index (χ1v) is 9.48. The fraction of sp³-hybridized carbons (Fsp3) is 0.100. The highest BCUT2D eigenvalue weighted by molar-refractivity contribution is 7.20. The number of hydrogen-bond acceptors (Lipinski definition) is 3. The third-order valence-corrected chi connectivity index (χ3v) is 5.68. The van der Waals surface area contributed by atoms with Crippen molar-refractivity contribution in [2.24, 2.45) is 0 Å². The van der Waals surface area contributed by atoms with Gasteiger partial charge in [0.25, 0.3) is 5.91 Å². The van der Waals surface area contributed by atoms with E-state index >= 15 is 0 Å². The fourth-order valence-corrected chi connectivity index (χ4v) is 4.08. The van der Waals surface area contributed by atoms with Crippen LogP contribution in [0.5, 0.6) is 0 Å². The molecule has 0 aliphatic carbocycles. The van der Waals surface area contributed by atoms with Crippen LogP contribution in [0.4, 0.5) is 10.1 Å². The quantitative estimate of drug-likeness (QED) is 0.492. The molecular formula is C20H15ClFN3OS. The Labute approximate surface area is 164 Å². The van der Waals surface area contributed by atoms with Gasteiger partial charge in [-0.15, -0.1) is 11.3 Å². The molecule has 0 radical (unpaired) electrons. The zero-order valence-electron chi connectivity index (χ0n) is 14.4. The van der Waals surface area contributed by atoms with E-state index < -0.39 is 0 Å². The van der Waals surface area contributed by atoms with Gasteiger partial charge in [-0.1, -0.05) is 35.9 Å². The molecule has 1 amide bonds. The maximum atomic E-state index is 13.1. The highest BCUT2D eigenvalue weighted by Crippen LogP contribution is 2.30. The van der Waals surface area contributed by atoms with Gasteiger partial charge < -0.3 is 5.32 Å². The molecule has 2 aromatic carbocycles. The lowest BCUT2D eigenvalue weighted by Gasteiger charge is -2.05. The molecule has 136 valence electrons. The number of aryl methyl sites for hydroxylation is 1. The number of para-hydroxylation sites is 1. The van der Waals surface area contributed by atoms with Crippen molar-refractivity contribution in [1.82, 2.24) is 9.78 Å². The minimum atomic E-state index is -0.268. The maximum Gasteiger partial charge on any atom is 0.265 e. The number of nitrogens with zero attached hydrogens (tertiary/aromatic N) is 2.